The molecule has 14 nitrogen and oxygen atoms in total. The lowest BCUT2D eigenvalue weighted by atomic mass is 9.70. The van der Waals surface area contributed by atoms with Gasteiger partial charge in [0.15, 0.2) is 0 Å². The lowest BCUT2D eigenvalue weighted by Crippen LogP contribution is -2.63. The molecule has 5 aliphatic rings. The topological polar surface area (TPSA) is 179 Å². The fraction of sp³-hybridized carbons (Fsp3) is 0.490. The lowest BCUT2D eigenvalue weighted by Gasteiger charge is -2.57. The number of hydrogen-bond donors (Lipinski definition) is 4. The van der Waals surface area contributed by atoms with Crippen molar-refractivity contribution in [3.05, 3.63) is 100 Å². The minimum atomic E-state index is -4.53. The summed E-state index contributed by atoms with van der Waals surface area (Å²) in [5.41, 5.74) is 5.29. The number of amides is 1. The van der Waals surface area contributed by atoms with Gasteiger partial charge >= 0.3 is 0 Å². The highest BCUT2D eigenvalue weighted by Gasteiger charge is 2.49. The highest BCUT2D eigenvalue weighted by Crippen LogP contribution is 2.49. The quantitative estimate of drug-likeness (QED) is 0.0928. The molecular weight excluding hydrogens is 855 g/mol. The summed E-state index contributed by atoms with van der Waals surface area (Å²) < 4.78 is 42.6. The maximum absolute atomic E-state index is 14.1. The van der Waals surface area contributed by atoms with Gasteiger partial charge in [0.1, 0.15) is 40.9 Å². The second-order valence-electron chi connectivity index (χ2n) is 20.4. The number of nitroso groups, excluding NO2 is 1. The second kappa shape index (κ2) is 17.3. The van der Waals surface area contributed by atoms with Crippen LogP contribution in [0, 0.1) is 23.2 Å². The van der Waals surface area contributed by atoms with Gasteiger partial charge in [-0.25, -0.2) is 18.1 Å². The fourth-order valence-electron chi connectivity index (χ4n) is 11.6. The van der Waals surface area contributed by atoms with Crippen molar-refractivity contribution in [1.29, 1.82) is 0 Å². The van der Waals surface area contributed by atoms with E-state index in [0.29, 0.717) is 47.8 Å². The van der Waals surface area contributed by atoms with Gasteiger partial charge in [0.05, 0.1) is 28.3 Å². The number of benzene rings is 3. The Morgan fingerprint density at radius 2 is 1.77 bits per heavy atom. The first-order valence-electron chi connectivity index (χ1n) is 23.7. The van der Waals surface area contributed by atoms with E-state index in [1.165, 1.54) is 36.5 Å². The molecule has 4 fully saturated rings. The van der Waals surface area contributed by atoms with Crippen LogP contribution in [0.3, 0.4) is 0 Å². The molecule has 348 valence electrons. The van der Waals surface area contributed by atoms with Crippen LogP contribution in [0.5, 0.6) is 17.2 Å². The molecule has 66 heavy (non-hydrogen) atoms. The predicted octanol–water partition coefficient (Wildman–Crippen LogP) is 9.66. The van der Waals surface area contributed by atoms with Crippen LogP contribution in [0.15, 0.2) is 83.0 Å². The Balaban J connectivity index is 0.853. The Labute approximate surface area is 386 Å². The minimum absolute atomic E-state index is 0.0138. The van der Waals surface area contributed by atoms with E-state index < -0.39 is 21.5 Å². The number of anilines is 2. The molecule has 2 saturated heterocycles. The zero-order valence-corrected chi connectivity index (χ0v) is 39.1. The minimum Gasteiger partial charge on any atom is -0.489 e. The van der Waals surface area contributed by atoms with E-state index in [0.717, 1.165) is 74.7 Å². The number of carbonyl (C=O) groups excluding carboxylic acids is 1. The molecule has 0 bridgehead atoms. The number of nitrogens with zero attached hydrogens (tertiary/aromatic N) is 4. The normalized spacial score (nSPS) is 25.2. The van der Waals surface area contributed by atoms with Crippen LogP contribution in [-0.2, 0) is 10.0 Å². The maximum Gasteiger partial charge on any atom is 0.268 e. The number of hydrogen-bond acceptors (Lipinski definition) is 12. The van der Waals surface area contributed by atoms with E-state index in [2.05, 4.69) is 73.1 Å². The molecule has 1 unspecified atom stereocenters. The molecular formula is C51H61N7O7S. The van der Waals surface area contributed by atoms with Crippen LogP contribution in [-0.4, -0.2) is 84.8 Å². The second-order valence-corrected chi connectivity index (χ2v) is 22.0. The van der Waals surface area contributed by atoms with Gasteiger partial charge in [0.25, 0.3) is 15.9 Å². The molecule has 1 amide bonds. The van der Waals surface area contributed by atoms with Gasteiger partial charge in [-0.05, 0) is 135 Å². The predicted molar refractivity (Wildman–Crippen MR) is 256 cm³/mol. The first-order valence-corrected chi connectivity index (χ1v) is 25.2. The van der Waals surface area contributed by atoms with Crippen molar-refractivity contribution in [1.82, 2.24) is 19.6 Å². The Morgan fingerprint density at radius 1 is 1.00 bits per heavy atom. The van der Waals surface area contributed by atoms with Gasteiger partial charge < -0.3 is 29.8 Å². The number of H-pyrrole nitrogens is 1. The van der Waals surface area contributed by atoms with Gasteiger partial charge in [-0.2, -0.15) is 0 Å². The summed E-state index contributed by atoms with van der Waals surface area (Å²) >= 11 is 0. The number of sulfonamides is 1. The SMILES string of the molecule is Cc1cc2cc(Oc3cc(N4CCC5(CC4)CN([C@H]4CCC[C@H]4c4ccccc4C(C)C)C5)ccc3C(=O)NS(=O)(=O)c3cc(N=O)c4c(c3)OCC([C@H]3CC[C@](C)(O)CC3)N4)cnc2[nH]1. The Morgan fingerprint density at radius 3 is 2.53 bits per heavy atom. The number of likely N-dealkylation sites (tertiary alicyclic amines) is 1. The molecule has 2 aromatic heterocycles. The number of aliphatic hydroxyl groups is 1. The van der Waals surface area contributed by atoms with E-state index in [4.69, 9.17) is 9.47 Å². The molecule has 2 aliphatic carbocycles. The summed E-state index contributed by atoms with van der Waals surface area (Å²) in [5.74, 6) is 1.11. The van der Waals surface area contributed by atoms with E-state index in [1.807, 2.05) is 38.1 Å². The van der Waals surface area contributed by atoms with Crippen LogP contribution in [0.1, 0.15) is 118 Å². The van der Waals surface area contributed by atoms with Crippen LogP contribution in [0.25, 0.3) is 11.0 Å². The number of aryl methyl sites for hydroxylation is 1. The van der Waals surface area contributed by atoms with E-state index in [9.17, 15) is 23.2 Å². The third-order valence-electron chi connectivity index (χ3n) is 15.4. The standard InChI is InChI=1S/C51H61N7O7S/c1-31(2)38-8-5-6-9-39(38)40-10-7-11-44(40)58-29-51(30-58)18-20-57(21-19-51)35-12-13-41(45(24-35)65-36-23-34-22-32(3)53-48(34)52-27-36)49(59)56-66(62,63)37-25-42(55-61)47-46(26-37)64-28-43(54-47)33-14-16-50(4,60)17-15-33/h5-6,8-9,12-13,22-27,31,33,40,43-44,54,60H,7,10-11,14-21,28-30H2,1-4H3,(H,52,53)(H,56,59)/t33-,40-,43?,44-,50-/m0/s1. The van der Waals surface area contributed by atoms with Crippen molar-refractivity contribution in [2.24, 2.45) is 16.5 Å². The summed E-state index contributed by atoms with van der Waals surface area (Å²) in [5, 5.41) is 17.8. The number of carbonyl (C=O) groups is 1. The van der Waals surface area contributed by atoms with E-state index >= 15 is 0 Å². The zero-order valence-electron chi connectivity index (χ0n) is 38.3. The van der Waals surface area contributed by atoms with Crippen molar-refractivity contribution in [3.63, 3.8) is 0 Å². The highest BCUT2D eigenvalue weighted by molar-refractivity contribution is 7.90. The summed E-state index contributed by atoms with van der Waals surface area (Å²) in [4.78, 5) is 38.8. The maximum atomic E-state index is 14.1. The third kappa shape index (κ3) is 8.65. The molecule has 4 N–H and O–H groups in total. The number of aromatic amines is 1. The Kier molecular flexibility index (Phi) is 11.6. The largest absolute Gasteiger partial charge is 0.489 e. The molecule has 1 spiro atoms. The molecule has 10 rings (SSSR count). The van der Waals surface area contributed by atoms with Crippen LogP contribution in [0.2, 0.25) is 0 Å². The number of ether oxygens (including phenoxy) is 2. The molecule has 2 saturated carbocycles. The number of piperidine rings is 1. The van der Waals surface area contributed by atoms with Crippen molar-refractivity contribution in [2.45, 2.75) is 120 Å². The Bertz CT molecular complexity index is 2760. The number of pyridine rings is 1. The van der Waals surface area contributed by atoms with Crippen molar-refractivity contribution in [3.8, 4) is 17.2 Å². The number of aromatic nitrogens is 2. The van der Waals surface area contributed by atoms with Crippen molar-refractivity contribution >= 4 is 44.0 Å². The molecule has 0 radical (unpaired) electrons. The van der Waals surface area contributed by atoms with Gasteiger partial charge in [-0.15, -0.1) is 4.91 Å². The molecule has 5 heterocycles. The molecule has 3 aliphatic heterocycles. The molecule has 3 aromatic carbocycles. The van der Waals surface area contributed by atoms with Crippen molar-refractivity contribution < 1.29 is 27.8 Å². The van der Waals surface area contributed by atoms with Gasteiger partial charge in [0.2, 0.25) is 0 Å². The van der Waals surface area contributed by atoms with Gasteiger partial charge in [0, 0.05) is 61.1 Å². The van der Waals surface area contributed by atoms with Crippen LogP contribution in [0.4, 0.5) is 17.1 Å². The first-order chi connectivity index (χ1) is 31.7. The number of fused-ring (bicyclic) bond motifs is 2. The van der Waals surface area contributed by atoms with E-state index in [1.54, 1.807) is 12.3 Å². The summed E-state index contributed by atoms with van der Waals surface area (Å²) in [6, 6.07) is 21.0. The average molecular weight is 916 g/mol. The lowest BCUT2D eigenvalue weighted by molar-refractivity contribution is -0.0493. The first kappa shape index (κ1) is 44.3. The summed E-state index contributed by atoms with van der Waals surface area (Å²) in [6.45, 7) is 12.6. The van der Waals surface area contributed by atoms with Gasteiger partial charge in [-0.3, -0.25) is 9.69 Å². The average Bonchev–Trinajstić information content (AvgIpc) is 3.93. The van der Waals surface area contributed by atoms with Gasteiger partial charge in [-0.1, -0.05) is 44.5 Å². The van der Waals surface area contributed by atoms with E-state index in [-0.39, 0.29) is 51.6 Å². The van der Waals surface area contributed by atoms with Crippen LogP contribution < -0.4 is 24.4 Å². The number of nitrogens with one attached hydrogen (secondary N) is 3. The smallest absolute Gasteiger partial charge is 0.268 e. The molecule has 15 heteroatoms. The monoisotopic (exact) mass is 915 g/mol. The van der Waals surface area contributed by atoms with Crippen molar-refractivity contribution in [2.75, 3.05) is 43.0 Å². The summed E-state index contributed by atoms with van der Waals surface area (Å²) in [7, 11) is -4.53. The summed E-state index contributed by atoms with van der Waals surface area (Å²) in [6.07, 6.45) is 10.3. The number of rotatable bonds is 11. The zero-order chi connectivity index (χ0) is 46.0. The molecule has 5 aromatic rings. The third-order valence-corrected chi connectivity index (χ3v) is 16.7. The highest BCUT2D eigenvalue weighted by atomic mass is 32.2. The Hall–Kier alpha value is -5.51. The van der Waals surface area contributed by atoms with Crippen LogP contribution >= 0.6 is 0 Å². The fourth-order valence-corrected chi connectivity index (χ4v) is 12.6. The molecule has 3 atom stereocenters.